The van der Waals surface area contributed by atoms with Crippen LogP contribution in [0.1, 0.15) is 44.8 Å². The molecule has 1 saturated heterocycles. The number of aromatic nitrogens is 3. The van der Waals surface area contributed by atoms with Crippen LogP contribution in [0.2, 0.25) is 0 Å². The van der Waals surface area contributed by atoms with Gasteiger partial charge in [-0.3, -0.25) is 14.9 Å². The van der Waals surface area contributed by atoms with Crippen LogP contribution >= 0.6 is 22.7 Å². The number of hydrogen-bond acceptors (Lipinski definition) is 7. The molecule has 0 unspecified atom stereocenters. The third-order valence-corrected chi connectivity index (χ3v) is 6.75. The SMILES string of the molecule is O=C(Nc1nnc(C(F)(F)F)s1)c1csc(C2CCN(C(=O)C#Cc3ccccc3)CC2)n1. The van der Waals surface area contributed by atoms with Crippen molar-refractivity contribution in [2.24, 2.45) is 0 Å². The van der Waals surface area contributed by atoms with Crippen LogP contribution in [0.4, 0.5) is 18.3 Å². The lowest BCUT2D eigenvalue weighted by Gasteiger charge is -2.29. The Kier molecular flexibility index (Phi) is 6.71. The average molecular weight is 492 g/mol. The Morgan fingerprint density at radius 3 is 2.52 bits per heavy atom. The second-order valence-corrected chi connectivity index (χ2v) is 8.98. The standard InChI is InChI=1S/C21H16F3N5O2S2/c22-21(23,24)19-27-28-20(33-19)26-17(31)15-12-32-18(25-15)14-8-10-29(11-9-14)16(30)7-6-13-4-2-1-3-5-13/h1-5,12,14H,8-11H2,(H,26,28,31). The molecule has 1 aliphatic heterocycles. The first-order valence-corrected chi connectivity index (χ1v) is 11.5. The van der Waals surface area contributed by atoms with Gasteiger partial charge in [0.2, 0.25) is 10.1 Å². The second-order valence-electron chi connectivity index (χ2n) is 7.12. The number of nitrogens with zero attached hydrogens (tertiary/aromatic N) is 4. The van der Waals surface area contributed by atoms with Gasteiger partial charge in [0.1, 0.15) is 5.69 Å². The molecule has 33 heavy (non-hydrogen) atoms. The quantitative estimate of drug-likeness (QED) is 0.559. The van der Waals surface area contributed by atoms with Crippen LogP contribution in [0.15, 0.2) is 35.7 Å². The summed E-state index contributed by atoms with van der Waals surface area (Å²) < 4.78 is 37.9. The smallest absolute Gasteiger partial charge is 0.332 e. The monoisotopic (exact) mass is 491 g/mol. The van der Waals surface area contributed by atoms with Crippen molar-refractivity contribution >= 4 is 39.6 Å². The molecule has 3 aromatic rings. The molecule has 12 heteroatoms. The summed E-state index contributed by atoms with van der Waals surface area (Å²) in [5.41, 5.74) is 0.878. The molecule has 1 fully saturated rings. The maximum atomic E-state index is 12.6. The van der Waals surface area contributed by atoms with E-state index in [1.807, 2.05) is 30.3 Å². The lowest BCUT2D eigenvalue weighted by molar-refractivity contribution is -0.138. The van der Waals surface area contributed by atoms with Gasteiger partial charge in [-0.2, -0.15) is 13.2 Å². The van der Waals surface area contributed by atoms with Gasteiger partial charge in [0, 0.05) is 35.9 Å². The van der Waals surface area contributed by atoms with Gasteiger partial charge >= 0.3 is 6.18 Å². The van der Waals surface area contributed by atoms with Crippen molar-refractivity contribution in [3.8, 4) is 11.8 Å². The Hall–Kier alpha value is -3.30. The molecule has 2 aromatic heterocycles. The van der Waals surface area contributed by atoms with Gasteiger partial charge in [-0.1, -0.05) is 35.5 Å². The molecule has 1 aromatic carbocycles. The van der Waals surface area contributed by atoms with Crippen molar-refractivity contribution in [3.63, 3.8) is 0 Å². The number of thiazole rings is 1. The van der Waals surface area contributed by atoms with Gasteiger partial charge in [0.25, 0.3) is 11.8 Å². The number of rotatable bonds is 3. The molecule has 1 N–H and O–H groups in total. The number of halogens is 3. The van der Waals surface area contributed by atoms with Gasteiger partial charge in [-0.05, 0) is 25.0 Å². The molecule has 7 nitrogen and oxygen atoms in total. The summed E-state index contributed by atoms with van der Waals surface area (Å²) in [7, 11) is 0. The molecule has 0 aliphatic carbocycles. The number of amides is 2. The van der Waals surface area contributed by atoms with Crippen molar-refractivity contribution in [2.45, 2.75) is 24.9 Å². The third-order valence-electron chi connectivity index (χ3n) is 4.86. The largest absolute Gasteiger partial charge is 0.445 e. The number of piperidine rings is 1. The summed E-state index contributed by atoms with van der Waals surface area (Å²) in [5, 5.41) is 9.60. The molecule has 1 aliphatic rings. The van der Waals surface area contributed by atoms with Crippen LogP contribution in [0, 0.1) is 11.8 Å². The number of carbonyl (C=O) groups is 2. The molecule has 0 spiro atoms. The first-order valence-electron chi connectivity index (χ1n) is 9.83. The number of anilines is 1. The minimum Gasteiger partial charge on any atom is -0.332 e. The van der Waals surface area contributed by atoms with Gasteiger partial charge in [0.15, 0.2) is 0 Å². The highest BCUT2D eigenvalue weighted by atomic mass is 32.1. The number of benzene rings is 1. The van der Waals surface area contributed by atoms with E-state index in [4.69, 9.17) is 0 Å². The Labute approximate surface area is 194 Å². The van der Waals surface area contributed by atoms with Gasteiger partial charge < -0.3 is 4.90 Å². The predicted octanol–water partition coefficient (Wildman–Crippen LogP) is 4.02. The van der Waals surface area contributed by atoms with Crippen LogP contribution in [0.5, 0.6) is 0 Å². The van der Waals surface area contributed by atoms with Crippen LogP contribution in [0.3, 0.4) is 0 Å². The Morgan fingerprint density at radius 2 is 1.85 bits per heavy atom. The minimum absolute atomic E-state index is 0.0843. The highest BCUT2D eigenvalue weighted by Crippen LogP contribution is 2.33. The van der Waals surface area contributed by atoms with E-state index in [0.29, 0.717) is 25.9 Å². The molecule has 0 saturated carbocycles. The normalized spacial score (nSPS) is 14.5. The number of hydrogen-bond donors (Lipinski definition) is 1. The Bertz CT molecular complexity index is 1210. The van der Waals surface area contributed by atoms with E-state index >= 15 is 0 Å². The first-order chi connectivity index (χ1) is 15.8. The van der Waals surface area contributed by atoms with Crippen molar-refractivity contribution in [1.29, 1.82) is 0 Å². The predicted molar refractivity (Wildman–Crippen MR) is 117 cm³/mol. The zero-order valence-electron chi connectivity index (χ0n) is 16.9. The van der Waals surface area contributed by atoms with Crippen molar-refractivity contribution < 1.29 is 22.8 Å². The number of alkyl halides is 3. The minimum atomic E-state index is -4.61. The average Bonchev–Trinajstić information content (AvgIpc) is 3.48. The molecule has 0 atom stereocenters. The molecule has 2 amide bonds. The number of carbonyl (C=O) groups excluding carboxylic acids is 2. The summed E-state index contributed by atoms with van der Waals surface area (Å²) in [6.07, 6.45) is -3.25. The van der Waals surface area contributed by atoms with Crippen molar-refractivity contribution in [2.75, 3.05) is 18.4 Å². The van der Waals surface area contributed by atoms with E-state index in [2.05, 4.69) is 32.3 Å². The van der Waals surface area contributed by atoms with Crippen LogP contribution in [-0.4, -0.2) is 45.0 Å². The first kappa shape index (κ1) is 22.9. The maximum absolute atomic E-state index is 12.6. The lowest BCUT2D eigenvalue weighted by Crippen LogP contribution is -2.37. The maximum Gasteiger partial charge on any atom is 0.445 e. The Morgan fingerprint density at radius 1 is 1.12 bits per heavy atom. The van der Waals surface area contributed by atoms with Crippen molar-refractivity contribution in [1.82, 2.24) is 20.1 Å². The van der Waals surface area contributed by atoms with Crippen LogP contribution in [0.25, 0.3) is 0 Å². The fraction of sp³-hybridized carbons (Fsp3) is 0.286. The van der Waals surface area contributed by atoms with Gasteiger partial charge in [0.05, 0.1) is 5.01 Å². The zero-order valence-corrected chi connectivity index (χ0v) is 18.6. The molecule has 3 heterocycles. The topological polar surface area (TPSA) is 88.1 Å². The molecular formula is C21H16F3N5O2S2. The van der Waals surface area contributed by atoms with E-state index in [-0.39, 0.29) is 34.0 Å². The van der Waals surface area contributed by atoms with Crippen LogP contribution < -0.4 is 5.32 Å². The summed E-state index contributed by atoms with van der Waals surface area (Å²) in [6.45, 7) is 1.05. The fourth-order valence-corrected chi connectivity index (χ4v) is 4.76. The zero-order chi connectivity index (χ0) is 23.4. The molecular weight excluding hydrogens is 475 g/mol. The third kappa shape index (κ3) is 5.74. The van der Waals surface area contributed by atoms with E-state index < -0.39 is 17.1 Å². The number of nitrogens with one attached hydrogen (secondary N) is 1. The highest BCUT2D eigenvalue weighted by Gasteiger charge is 2.36. The summed E-state index contributed by atoms with van der Waals surface area (Å²) in [6, 6.07) is 9.27. The molecule has 0 bridgehead atoms. The Balaban J connectivity index is 1.31. The summed E-state index contributed by atoms with van der Waals surface area (Å²) >= 11 is 1.56. The second kappa shape index (κ2) is 9.68. The van der Waals surface area contributed by atoms with Gasteiger partial charge in [-0.25, -0.2) is 4.98 Å². The van der Waals surface area contributed by atoms with E-state index in [1.54, 1.807) is 10.3 Å². The lowest BCUT2D eigenvalue weighted by atomic mass is 9.97. The van der Waals surface area contributed by atoms with E-state index in [0.717, 1.165) is 10.6 Å². The highest BCUT2D eigenvalue weighted by molar-refractivity contribution is 7.15. The molecule has 0 radical (unpaired) electrons. The number of likely N-dealkylation sites (tertiary alicyclic amines) is 1. The fourth-order valence-electron chi connectivity index (χ4n) is 3.18. The van der Waals surface area contributed by atoms with E-state index in [1.165, 1.54) is 11.3 Å². The van der Waals surface area contributed by atoms with Crippen molar-refractivity contribution in [3.05, 3.63) is 57.0 Å². The molecule has 4 rings (SSSR count). The molecule has 170 valence electrons. The van der Waals surface area contributed by atoms with Gasteiger partial charge in [-0.15, -0.1) is 21.5 Å². The summed E-state index contributed by atoms with van der Waals surface area (Å²) in [5.74, 6) is 4.74. The van der Waals surface area contributed by atoms with Crippen LogP contribution in [-0.2, 0) is 11.0 Å². The van der Waals surface area contributed by atoms with E-state index in [9.17, 15) is 22.8 Å². The summed E-state index contributed by atoms with van der Waals surface area (Å²) in [4.78, 5) is 30.7.